The van der Waals surface area contributed by atoms with Gasteiger partial charge in [0, 0.05) is 21.7 Å². The molecule has 1 unspecified atom stereocenters. The normalized spacial score (nSPS) is 17.8. The highest BCUT2D eigenvalue weighted by molar-refractivity contribution is 8.04. The van der Waals surface area contributed by atoms with Crippen molar-refractivity contribution in [1.29, 1.82) is 0 Å². The van der Waals surface area contributed by atoms with Crippen molar-refractivity contribution in [3.8, 4) is 0 Å². The van der Waals surface area contributed by atoms with E-state index in [9.17, 15) is 9.59 Å². The zero-order valence-corrected chi connectivity index (χ0v) is 18.9. The Morgan fingerprint density at radius 2 is 1.87 bits per heavy atom. The quantitative estimate of drug-likeness (QED) is 0.583. The zero-order chi connectivity index (χ0) is 22.0. The van der Waals surface area contributed by atoms with Gasteiger partial charge in [0.2, 0.25) is 5.91 Å². The Morgan fingerprint density at radius 3 is 2.65 bits per heavy atom. The first-order valence-electron chi connectivity index (χ1n) is 9.59. The molecule has 0 fully saturated rings. The first kappa shape index (κ1) is 21.6. The Hall–Kier alpha value is -2.60. The van der Waals surface area contributed by atoms with Crippen LogP contribution in [0.15, 0.2) is 81.7 Å². The first-order chi connectivity index (χ1) is 14.9. The van der Waals surface area contributed by atoms with Crippen LogP contribution in [0.25, 0.3) is 5.57 Å². The minimum atomic E-state index is -0.349. The Balaban J connectivity index is 1.62. The van der Waals surface area contributed by atoms with E-state index in [0.29, 0.717) is 26.4 Å². The molecule has 7 heteroatoms. The number of benzene rings is 2. The number of nitrogens with one attached hydrogen (secondary N) is 1. The topological polar surface area (TPSA) is 58.5 Å². The number of dihydropyridines is 1. The molecule has 2 aromatic rings. The number of thioether (sulfide) groups is 1. The monoisotopic (exact) mass is 468 g/mol. The maximum atomic E-state index is 12.9. The van der Waals surface area contributed by atoms with E-state index < -0.39 is 0 Å². The maximum absolute atomic E-state index is 12.9. The van der Waals surface area contributed by atoms with Crippen LogP contribution < -0.4 is 5.32 Å². The molecule has 4 nitrogen and oxygen atoms in total. The van der Waals surface area contributed by atoms with E-state index in [4.69, 9.17) is 23.2 Å². The van der Waals surface area contributed by atoms with Crippen LogP contribution in [0.1, 0.15) is 11.1 Å². The van der Waals surface area contributed by atoms with Crippen molar-refractivity contribution in [3.63, 3.8) is 0 Å². The summed E-state index contributed by atoms with van der Waals surface area (Å²) in [4.78, 5) is 30.2. The van der Waals surface area contributed by atoms with Crippen molar-refractivity contribution < 1.29 is 9.59 Å². The lowest BCUT2D eigenvalue weighted by Gasteiger charge is -2.26. The summed E-state index contributed by atoms with van der Waals surface area (Å²) in [6, 6.07) is 15.0. The second kappa shape index (κ2) is 9.27. The van der Waals surface area contributed by atoms with Crippen molar-refractivity contribution in [2.45, 2.75) is 6.92 Å². The van der Waals surface area contributed by atoms with Crippen LogP contribution >= 0.6 is 35.0 Å². The first-order valence-corrected chi connectivity index (χ1v) is 11.3. The van der Waals surface area contributed by atoms with Crippen LogP contribution in [0.5, 0.6) is 0 Å². The molecule has 4 rings (SSSR count). The van der Waals surface area contributed by atoms with Crippen molar-refractivity contribution in [3.05, 3.63) is 92.8 Å². The van der Waals surface area contributed by atoms with Crippen LogP contribution in [0.2, 0.25) is 5.02 Å². The fraction of sp³-hybridized carbons (Fsp3) is 0.125. The van der Waals surface area contributed by atoms with E-state index in [1.54, 1.807) is 30.4 Å². The summed E-state index contributed by atoms with van der Waals surface area (Å²) in [7, 11) is 0. The standard InChI is InChI=1S/C24H18Cl2N2O2S/c1-14-18(26)8-5-9-19(14)27-21(29)13-31-23-22(15-6-3-2-4-7-15)17-12-16(25)10-11-20(17)28-24(23)30/h2-12,17H,13H2,1H3,(H,27,29). The van der Waals surface area contributed by atoms with Crippen molar-refractivity contribution in [1.82, 2.24) is 0 Å². The molecule has 2 aliphatic rings. The lowest BCUT2D eigenvalue weighted by Crippen LogP contribution is -2.24. The molecule has 2 amide bonds. The smallest absolute Gasteiger partial charge is 0.284 e. The zero-order valence-electron chi connectivity index (χ0n) is 16.6. The predicted octanol–water partition coefficient (Wildman–Crippen LogP) is 6.02. The number of nitrogens with zero attached hydrogens (tertiary/aromatic N) is 1. The number of allylic oxidation sites excluding steroid dienone is 5. The highest BCUT2D eigenvalue weighted by Gasteiger charge is 2.32. The number of halogens is 2. The molecule has 0 aromatic heterocycles. The van der Waals surface area contributed by atoms with Gasteiger partial charge in [-0.3, -0.25) is 9.59 Å². The van der Waals surface area contributed by atoms with Gasteiger partial charge in [-0.25, -0.2) is 4.99 Å². The maximum Gasteiger partial charge on any atom is 0.284 e. The van der Waals surface area contributed by atoms with Crippen LogP contribution in [-0.4, -0.2) is 23.3 Å². The van der Waals surface area contributed by atoms with Gasteiger partial charge in [0.1, 0.15) is 0 Å². The van der Waals surface area contributed by atoms with Gasteiger partial charge in [-0.2, -0.15) is 0 Å². The summed E-state index contributed by atoms with van der Waals surface area (Å²) < 4.78 is 0. The predicted molar refractivity (Wildman–Crippen MR) is 130 cm³/mol. The number of hydrogen-bond acceptors (Lipinski definition) is 3. The molecule has 1 N–H and O–H groups in total. The number of aliphatic imine (C=N–C) groups is 1. The Morgan fingerprint density at radius 1 is 1.10 bits per heavy atom. The molecule has 0 bridgehead atoms. The third kappa shape index (κ3) is 4.69. The summed E-state index contributed by atoms with van der Waals surface area (Å²) in [6.45, 7) is 1.84. The average Bonchev–Trinajstić information content (AvgIpc) is 2.76. The van der Waals surface area contributed by atoms with Gasteiger partial charge in [0.15, 0.2) is 0 Å². The van der Waals surface area contributed by atoms with E-state index >= 15 is 0 Å². The average molecular weight is 469 g/mol. The molecule has 0 saturated carbocycles. The third-order valence-electron chi connectivity index (χ3n) is 5.01. The Kier molecular flexibility index (Phi) is 6.46. The molecular weight excluding hydrogens is 451 g/mol. The van der Waals surface area contributed by atoms with Crippen molar-refractivity contribution in [2.24, 2.45) is 10.9 Å². The molecule has 0 saturated heterocycles. The van der Waals surface area contributed by atoms with Gasteiger partial charge in [-0.1, -0.05) is 65.7 Å². The van der Waals surface area contributed by atoms with Crippen LogP contribution in [0.3, 0.4) is 0 Å². The number of anilines is 1. The van der Waals surface area contributed by atoms with Crippen molar-refractivity contribution in [2.75, 3.05) is 11.1 Å². The molecule has 1 aliphatic carbocycles. The highest BCUT2D eigenvalue weighted by Crippen LogP contribution is 2.40. The number of fused-ring (bicyclic) bond motifs is 1. The summed E-state index contributed by atoms with van der Waals surface area (Å²) in [6.07, 6.45) is 5.38. The lowest BCUT2D eigenvalue weighted by atomic mass is 9.84. The minimum Gasteiger partial charge on any atom is -0.325 e. The van der Waals surface area contributed by atoms with Gasteiger partial charge in [-0.15, -0.1) is 11.8 Å². The van der Waals surface area contributed by atoms with E-state index in [0.717, 1.165) is 16.7 Å². The number of amides is 2. The summed E-state index contributed by atoms with van der Waals surface area (Å²) in [5.41, 5.74) is 3.81. The van der Waals surface area contributed by atoms with Crippen LogP contribution in [0, 0.1) is 12.8 Å². The van der Waals surface area contributed by atoms with E-state index in [-0.39, 0.29) is 23.5 Å². The molecule has 1 atom stereocenters. The van der Waals surface area contributed by atoms with Gasteiger partial charge in [0.25, 0.3) is 5.91 Å². The summed E-state index contributed by atoms with van der Waals surface area (Å²) in [5, 5.41) is 4.03. The van der Waals surface area contributed by atoms with Gasteiger partial charge >= 0.3 is 0 Å². The molecule has 0 radical (unpaired) electrons. The fourth-order valence-corrected chi connectivity index (χ4v) is 4.75. The molecule has 156 valence electrons. The van der Waals surface area contributed by atoms with Crippen LogP contribution in [0.4, 0.5) is 5.69 Å². The van der Waals surface area contributed by atoms with Gasteiger partial charge in [-0.05, 0) is 47.9 Å². The summed E-state index contributed by atoms with van der Waals surface area (Å²) in [5.74, 6) is -0.750. The number of hydrogen-bond donors (Lipinski definition) is 1. The summed E-state index contributed by atoms with van der Waals surface area (Å²) >= 11 is 13.6. The molecular formula is C24H18Cl2N2O2S. The second-order valence-electron chi connectivity index (χ2n) is 7.06. The van der Waals surface area contributed by atoms with Crippen molar-refractivity contribution >= 4 is 63.8 Å². The van der Waals surface area contributed by atoms with E-state index in [1.165, 1.54) is 11.8 Å². The fourth-order valence-electron chi connectivity index (χ4n) is 3.47. The molecule has 31 heavy (non-hydrogen) atoms. The highest BCUT2D eigenvalue weighted by atomic mass is 35.5. The number of rotatable bonds is 5. The third-order valence-corrected chi connectivity index (χ3v) is 6.76. The molecule has 1 aliphatic heterocycles. The lowest BCUT2D eigenvalue weighted by molar-refractivity contribution is -0.114. The molecule has 0 spiro atoms. The van der Waals surface area contributed by atoms with E-state index in [2.05, 4.69) is 10.3 Å². The van der Waals surface area contributed by atoms with E-state index in [1.807, 2.05) is 43.3 Å². The number of carbonyl (C=O) groups is 2. The van der Waals surface area contributed by atoms with Crippen LogP contribution in [-0.2, 0) is 9.59 Å². The number of carbonyl (C=O) groups excluding carboxylic acids is 2. The Bertz CT molecular complexity index is 1180. The van der Waals surface area contributed by atoms with Gasteiger partial charge in [0.05, 0.1) is 16.4 Å². The molecule has 1 heterocycles. The molecule has 2 aromatic carbocycles. The minimum absolute atomic E-state index is 0.0637. The Labute approximate surface area is 194 Å². The largest absolute Gasteiger partial charge is 0.325 e. The van der Waals surface area contributed by atoms with Gasteiger partial charge < -0.3 is 5.32 Å². The second-order valence-corrected chi connectivity index (χ2v) is 8.89. The SMILES string of the molecule is Cc1c(Cl)cccc1NC(=O)CSC1=C(c2ccccc2)C2C=C(Cl)C=CC2=NC1=O.